The number of aliphatic imine (C=N–C) groups is 2. The fraction of sp³-hybridized carbons (Fsp3) is 0.542. The number of carbonyl (C=O) groups excluding carboxylic acids is 1. The van der Waals surface area contributed by atoms with Crippen LogP contribution in [0.3, 0.4) is 0 Å². The molecule has 2 saturated carbocycles. The second-order valence-corrected chi connectivity index (χ2v) is 9.49. The minimum atomic E-state index is -0.0369. The molecule has 1 aromatic carbocycles. The number of benzene rings is 1. The number of amides is 1. The molecule has 4 aliphatic rings. The molecule has 9 nitrogen and oxygen atoms in total. The Balaban J connectivity index is 1.25. The average molecular weight is 447 g/mol. The van der Waals surface area contributed by atoms with Gasteiger partial charge in [0, 0.05) is 29.5 Å². The molecule has 2 aromatic rings. The van der Waals surface area contributed by atoms with Gasteiger partial charge in [-0.05, 0) is 56.4 Å². The third-order valence-corrected chi connectivity index (χ3v) is 7.24. The molecule has 3 unspecified atom stereocenters. The number of guanidine groups is 1. The van der Waals surface area contributed by atoms with Crippen LogP contribution in [-0.2, 0) is 0 Å². The normalized spacial score (nSPS) is 27.1. The van der Waals surface area contributed by atoms with Crippen molar-refractivity contribution in [1.82, 2.24) is 25.0 Å². The van der Waals surface area contributed by atoms with E-state index in [4.69, 9.17) is 4.99 Å². The van der Waals surface area contributed by atoms with E-state index in [-0.39, 0.29) is 24.2 Å². The predicted octanol–water partition coefficient (Wildman–Crippen LogP) is 3.30. The van der Waals surface area contributed by atoms with Gasteiger partial charge in [-0.25, -0.2) is 9.98 Å². The van der Waals surface area contributed by atoms with Gasteiger partial charge in [0.25, 0.3) is 5.91 Å². The molecule has 2 aliphatic carbocycles. The molecule has 0 bridgehead atoms. The van der Waals surface area contributed by atoms with Gasteiger partial charge < -0.3 is 15.2 Å². The van der Waals surface area contributed by atoms with Crippen molar-refractivity contribution in [2.24, 2.45) is 9.98 Å². The molecule has 9 heteroatoms. The van der Waals surface area contributed by atoms with Crippen LogP contribution in [-0.4, -0.2) is 56.0 Å². The maximum absolute atomic E-state index is 12.3. The topological polar surface area (TPSA) is 99.8 Å². The first-order valence-corrected chi connectivity index (χ1v) is 12.2. The van der Waals surface area contributed by atoms with E-state index in [0.29, 0.717) is 23.6 Å². The lowest BCUT2D eigenvalue weighted by Gasteiger charge is -2.47. The highest BCUT2D eigenvalue weighted by atomic mass is 16.1. The number of nitrogens with zero attached hydrogens (tertiary/aromatic N) is 6. The lowest BCUT2D eigenvalue weighted by Crippen LogP contribution is -2.53. The lowest BCUT2D eigenvalue weighted by molar-refractivity contribution is 0.0352. The Labute approximate surface area is 193 Å². The maximum atomic E-state index is 12.3. The van der Waals surface area contributed by atoms with E-state index in [1.54, 1.807) is 0 Å². The SMILES string of the molecule is CCC1c2nncn2C2C=NC(Nc3ccc(C(=O)NC4CC4)cc3)=NC2N1C1CCCC1. The highest BCUT2D eigenvalue weighted by Crippen LogP contribution is 2.42. The number of hydrogen-bond acceptors (Lipinski definition) is 7. The molecule has 1 amide bonds. The molecule has 2 fully saturated rings. The fourth-order valence-electron chi connectivity index (χ4n) is 5.42. The average Bonchev–Trinajstić information content (AvgIpc) is 3.27. The molecular formula is C24H30N8O. The Morgan fingerprint density at radius 1 is 1.12 bits per heavy atom. The van der Waals surface area contributed by atoms with Crippen molar-refractivity contribution in [1.29, 1.82) is 0 Å². The summed E-state index contributed by atoms with van der Waals surface area (Å²) >= 11 is 0. The van der Waals surface area contributed by atoms with Crippen LogP contribution >= 0.6 is 0 Å². The van der Waals surface area contributed by atoms with Crippen LogP contribution in [0.25, 0.3) is 0 Å². The predicted molar refractivity (Wildman–Crippen MR) is 126 cm³/mol. The molecule has 3 heterocycles. The van der Waals surface area contributed by atoms with Crippen molar-refractivity contribution in [3.63, 3.8) is 0 Å². The number of aromatic nitrogens is 3. The smallest absolute Gasteiger partial charge is 0.251 e. The minimum Gasteiger partial charge on any atom is -0.349 e. The van der Waals surface area contributed by atoms with Gasteiger partial charge >= 0.3 is 0 Å². The van der Waals surface area contributed by atoms with Crippen molar-refractivity contribution in [2.45, 2.75) is 82.2 Å². The summed E-state index contributed by atoms with van der Waals surface area (Å²) in [5.41, 5.74) is 1.54. The van der Waals surface area contributed by atoms with Gasteiger partial charge in [-0.15, -0.1) is 10.2 Å². The Morgan fingerprint density at radius 3 is 2.64 bits per heavy atom. The van der Waals surface area contributed by atoms with E-state index in [1.165, 1.54) is 25.7 Å². The summed E-state index contributed by atoms with van der Waals surface area (Å²) in [6.45, 7) is 2.21. The van der Waals surface area contributed by atoms with Crippen LogP contribution in [0.1, 0.15) is 80.1 Å². The number of fused-ring (bicyclic) bond motifs is 3. The molecule has 2 aliphatic heterocycles. The van der Waals surface area contributed by atoms with Crippen LogP contribution in [0.15, 0.2) is 40.6 Å². The first kappa shape index (κ1) is 20.5. The Kier molecular flexibility index (Phi) is 5.21. The number of nitrogens with one attached hydrogen (secondary N) is 2. The molecule has 33 heavy (non-hydrogen) atoms. The van der Waals surface area contributed by atoms with Crippen LogP contribution in [0.2, 0.25) is 0 Å². The van der Waals surface area contributed by atoms with E-state index in [9.17, 15) is 4.79 Å². The Hall–Kier alpha value is -3.07. The van der Waals surface area contributed by atoms with Gasteiger partial charge in [-0.1, -0.05) is 19.8 Å². The third-order valence-electron chi connectivity index (χ3n) is 7.24. The van der Waals surface area contributed by atoms with Crippen LogP contribution in [0.5, 0.6) is 0 Å². The largest absolute Gasteiger partial charge is 0.349 e. The molecule has 0 radical (unpaired) electrons. The van der Waals surface area contributed by atoms with Crippen LogP contribution in [0.4, 0.5) is 5.69 Å². The summed E-state index contributed by atoms with van der Waals surface area (Å²) in [4.78, 5) is 24.5. The van der Waals surface area contributed by atoms with Crippen molar-refractivity contribution in [2.75, 3.05) is 5.32 Å². The fourth-order valence-corrected chi connectivity index (χ4v) is 5.42. The number of hydrogen-bond donors (Lipinski definition) is 2. The molecule has 3 atom stereocenters. The number of anilines is 1. The number of carbonyl (C=O) groups is 1. The zero-order valence-electron chi connectivity index (χ0n) is 18.9. The van der Waals surface area contributed by atoms with E-state index in [2.05, 4.69) is 42.2 Å². The molecular weight excluding hydrogens is 416 g/mol. The summed E-state index contributed by atoms with van der Waals surface area (Å²) in [5, 5.41) is 15.1. The van der Waals surface area contributed by atoms with Crippen molar-refractivity contribution in [3.8, 4) is 0 Å². The Morgan fingerprint density at radius 2 is 1.91 bits per heavy atom. The zero-order chi connectivity index (χ0) is 22.4. The molecule has 2 N–H and O–H groups in total. The summed E-state index contributed by atoms with van der Waals surface area (Å²) in [6.07, 6.45) is 11.8. The van der Waals surface area contributed by atoms with E-state index < -0.39 is 0 Å². The summed E-state index contributed by atoms with van der Waals surface area (Å²) in [7, 11) is 0. The molecule has 6 rings (SSSR count). The van der Waals surface area contributed by atoms with Gasteiger partial charge in [-0.3, -0.25) is 9.69 Å². The van der Waals surface area contributed by atoms with Crippen molar-refractivity contribution in [3.05, 3.63) is 42.0 Å². The first-order valence-electron chi connectivity index (χ1n) is 12.2. The molecule has 0 spiro atoms. The van der Waals surface area contributed by atoms with Gasteiger partial charge in [0.1, 0.15) is 18.5 Å². The van der Waals surface area contributed by atoms with Crippen LogP contribution < -0.4 is 10.6 Å². The molecule has 0 saturated heterocycles. The summed E-state index contributed by atoms with van der Waals surface area (Å²) in [6, 6.07) is 8.58. The lowest BCUT2D eigenvalue weighted by atomic mass is 9.99. The third kappa shape index (κ3) is 3.84. The van der Waals surface area contributed by atoms with E-state index >= 15 is 0 Å². The number of rotatable bonds is 5. The second-order valence-electron chi connectivity index (χ2n) is 9.49. The minimum absolute atomic E-state index is 0.00236. The standard InChI is InChI=1S/C24H30N8O/c1-2-19-22-30-26-14-31(22)20-13-25-24(29-21(20)32(19)18-5-3-4-6-18)28-17-9-7-15(8-10-17)23(33)27-16-11-12-16/h7-10,13-14,16,18-21H,2-6,11-12H2,1H3,(H,27,33)(H,28,29). The van der Waals surface area contributed by atoms with Crippen LogP contribution in [0, 0.1) is 0 Å². The second kappa shape index (κ2) is 8.37. The zero-order valence-corrected chi connectivity index (χ0v) is 18.9. The summed E-state index contributed by atoms with van der Waals surface area (Å²) < 4.78 is 2.14. The molecule has 1 aromatic heterocycles. The first-order chi connectivity index (χ1) is 16.2. The Bertz CT molecular complexity index is 1080. The van der Waals surface area contributed by atoms with Gasteiger partial charge in [0.2, 0.25) is 5.96 Å². The van der Waals surface area contributed by atoms with Gasteiger partial charge in [0.05, 0.1) is 6.04 Å². The summed E-state index contributed by atoms with van der Waals surface area (Å²) in [5.74, 6) is 1.61. The van der Waals surface area contributed by atoms with E-state index in [1.807, 2.05) is 36.8 Å². The molecule has 172 valence electrons. The van der Waals surface area contributed by atoms with E-state index in [0.717, 1.165) is 30.8 Å². The van der Waals surface area contributed by atoms with Crippen molar-refractivity contribution < 1.29 is 4.79 Å². The van der Waals surface area contributed by atoms with Crippen molar-refractivity contribution >= 4 is 23.8 Å². The maximum Gasteiger partial charge on any atom is 0.251 e. The highest BCUT2D eigenvalue weighted by molar-refractivity contribution is 6.01. The quantitative estimate of drug-likeness (QED) is 0.734. The monoisotopic (exact) mass is 446 g/mol. The van der Waals surface area contributed by atoms with Gasteiger partial charge in [-0.2, -0.15) is 0 Å². The highest BCUT2D eigenvalue weighted by Gasteiger charge is 2.45. The van der Waals surface area contributed by atoms with Gasteiger partial charge in [0.15, 0.2) is 5.82 Å².